The minimum Gasteiger partial charge on any atom is -0.493 e. The van der Waals surface area contributed by atoms with E-state index < -0.39 is 6.43 Å². The number of carbonyl (C=O) groups is 1. The minimum absolute atomic E-state index is 0.131. The van der Waals surface area contributed by atoms with Crippen molar-refractivity contribution in [3.63, 3.8) is 0 Å². The predicted octanol–water partition coefficient (Wildman–Crippen LogP) is 3.16. The van der Waals surface area contributed by atoms with E-state index in [1.165, 1.54) is 12.4 Å². The molecule has 1 fully saturated rings. The zero-order chi connectivity index (χ0) is 22.0. The zero-order valence-corrected chi connectivity index (χ0v) is 17.3. The molecule has 1 atom stereocenters. The quantitative estimate of drug-likeness (QED) is 0.596. The van der Waals surface area contributed by atoms with Gasteiger partial charge in [0.25, 0.3) is 18.1 Å². The third-order valence-electron chi connectivity index (χ3n) is 5.39. The van der Waals surface area contributed by atoms with Gasteiger partial charge >= 0.3 is 0 Å². The molecular weight excluding hydrogens is 408 g/mol. The van der Waals surface area contributed by atoms with Crippen molar-refractivity contribution in [2.75, 3.05) is 26.8 Å². The standard InChI is InChI=1S/C21H23F2N5O3/c1-13-5-6-17(18(8-13)30-2)31-11-19(29)27-7-3-4-14(10-27)15-9-16(20(22)23)28-21(26-15)24-12-25-28/h5-6,8-9,12,14,20H,3-4,7,10-11H2,1-2H3. The Balaban J connectivity index is 1.46. The smallest absolute Gasteiger partial charge is 0.280 e. The summed E-state index contributed by atoms with van der Waals surface area (Å²) < 4.78 is 39.0. The van der Waals surface area contributed by atoms with Crippen LogP contribution in [0.15, 0.2) is 30.6 Å². The fourth-order valence-corrected chi connectivity index (χ4v) is 3.79. The lowest BCUT2D eigenvalue weighted by Gasteiger charge is -2.32. The Morgan fingerprint density at radius 3 is 2.90 bits per heavy atom. The third kappa shape index (κ3) is 4.42. The number of hydrogen-bond donors (Lipinski definition) is 0. The van der Waals surface area contributed by atoms with Crippen LogP contribution in [0.3, 0.4) is 0 Å². The highest BCUT2D eigenvalue weighted by atomic mass is 19.3. The molecule has 0 radical (unpaired) electrons. The van der Waals surface area contributed by atoms with Gasteiger partial charge in [0.05, 0.1) is 12.8 Å². The summed E-state index contributed by atoms with van der Waals surface area (Å²) in [5, 5.41) is 3.81. The van der Waals surface area contributed by atoms with Crippen LogP contribution in [0.2, 0.25) is 0 Å². The maximum absolute atomic E-state index is 13.5. The normalized spacial score (nSPS) is 16.7. The maximum atomic E-state index is 13.5. The molecule has 1 saturated heterocycles. The van der Waals surface area contributed by atoms with E-state index in [1.54, 1.807) is 18.1 Å². The van der Waals surface area contributed by atoms with Crippen LogP contribution >= 0.6 is 0 Å². The molecular formula is C21H23F2N5O3. The molecule has 164 valence electrons. The Bertz CT molecular complexity index is 1090. The van der Waals surface area contributed by atoms with E-state index in [0.29, 0.717) is 30.3 Å². The molecule has 2 aromatic heterocycles. The number of aromatic nitrogens is 4. The Hall–Kier alpha value is -3.30. The van der Waals surface area contributed by atoms with E-state index in [9.17, 15) is 13.6 Å². The van der Waals surface area contributed by atoms with Crippen LogP contribution in [0.1, 0.15) is 42.1 Å². The fourth-order valence-electron chi connectivity index (χ4n) is 3.79. The monoisotopic (exact) mass is 431 g/mol. The highest BCUT2D eigenvalue weighted by Gasteiger charge is 2.28. The number of nitrogens with zero attached hydrogens (tertiary/aromatic N) is 5. The first kappa shape index (κ1) is 21.0. The Labute approximate surface area is 177 Å². The van der Waals surface area contributed by atoms with E-state index in [2.05, 4.69) is 15.1 Å². The van der Waals surface area contributed by atoms with Crippen LogP contribution in [0.5, 0.6) is 11.5 Å². The van der Waals surface area contributed by atoms with Crippen LogP contribution in [0, 0.1) is 6.92 Å². The van der Waals surface area contributed by atoms with Gasteiger partial charge in [-0.1, -0.05) is 6.07 Å². The van der Waals surface area contributed by atoms with E-state index in [1.807, 2.05) is 19.1 Å². The van der Waals surface area contributed by atoms with Crippen LogP contribution in [0.4, 0.5) is 8.78 Å². The van der Waals surface area contributed by atoms with Gasteiger partial charge in [0.15, 0.2) is 18.1 Å². The number of carbonyl (C=O) groups excluding carboxylic acids is 1. The second-order valence-electron chi connectivity index (χ2n) is 7.50. The zero-order valence-electron chi connectivity index (χ0n) is 17.3. The molecule has 1 aromatic carbocycles. The molecule has 0 N–H and O–H groups in total. The number of fused-ring (bicyclic) bond motifs is 1. The molecule has 1 aliphatic heterocycles. The number of rotatable bonds is 6. The average Bonchev–Trinajstić information content (AvgIpc) is 3.26. The lowest BCUT2D eigenvalue weighted by molar-refractivity contribution is -0.134. The van der Waals surface area contributed by atoms with Crippen LogP contribution < -0.4 is 9.47 Å². The highest BCUT2D eigenvalue weighted by Crippen LogP contribution is 2.30. The van der Waals surface area contributed by atoms with E-state index in [-0.39, 0.29) is 29.9 Å². The summed E-state index contributed by atoms with van der Waals surface area (Å²) >= 11 is 0. The SMILES string of the molecule is COc1cc(C)ccc1OCC(=O)N1CCCC(c2cc(C(F)F)n3ncnc3n2)C1. The van der Waals surface area contributed by atoms with Gasteiger partial charge in [-0.2, -0.15) is 14.6 Å². The van der Waals surface area contributed by atoms with Crippen molar-refractivity contribution in [2.45, 2.75) is 32.1 Å². The van der Waals surface area contributed by atoms with Crippen molar-refractivity contribution in [3.05, 3.63) is 47.5 Å². The molecule has 3 aromatic rings. The number of ether oxygens (including phenoxy) is 2. The molecule has 3 heterocycles. The lowest BCUT2D eigenvalue weighted by atomic mass is 9.94. The summed E-state index contributed by atoms with van der Waals surface area (Å²) in [6.45, 7) is 2.77. The lowest BCUT2D eigenvalue weighted by Crippen LogP contribution is -2.41. The molecule has 0 saturated carbocycles. The first-order chi connectivity index (χ1) is 15.0. The largest absolute Gasteiger partial charge is 0.493 e. The number of alkyl halides is 2. The van der Waals surface area contributed by atoms with Gasteiger partial charge in [0, 0.05) is 19.0 Å². The minimum atomic E-state index is -2.70. The van der Waals surface area contributed by atoms with Crippen LogP contribution in [-0.4, -0.2) is 57.2 Å². The topological polar surface area (TPSA) is 81.9 Å². The van der Waals surface area contributed by atoms with Gasteiger partial charge in [-0.25, -0.2) is 13.8 Å². The maximum Gasteiger partial charge on any atom is 0.280 e. The van der Waals surface area contributed by atoms with Gasteiger partial charge in [0.2, 0.25) is 0 Å². The number of halogens is 2. The molecule has 31 heavy (non-hydrogen) atoms. The summed E-state index contributed by atoms with van der Waals surface area (Å²) in [6.07, 6.45) is -0.0135. The molecule has 0 bridgehead atoms. The van der Waals surface area contributed by atoms with Gasteiger partial charge < -0.3 is 14.4 Å². The fraction of sp³-hybridized carbons (Fsp3) is 0.429. The van der Waals surface area contributed by atoms with Gasteiger partial charge in [-0.05, 0) is 43.5 Å². The van der Waals surface area contributed by atoms with Crippen molar-refractivity contribution >= 4 is 11.7 Å². The Morgan fingerprint density at radius 2 is 2.13 bits per heavy atom. The molecule has 10 heteroatoms. The summed E-state index contributed by atoms with van der Waals surface area (Å²) in [5.74, 6) is 0.854. The molecule has 1 amide bonds. The van der Waals surface area contributed by atoms with Gasteiger partial charge in [-0.15, -0.1) is 0 Å². The highest BCUT2D eigenvalue weighted by molar-refractivity contribution is 5.78. The molecule has 1 unspecified atom stereocenters. The summed E-state index contributed by atoms with van der Waals surface area (Å²) in [6, 6.07) is 6.85. The van der Waals surface area contributed by atoms with Crippen LogP contribution in [0.25, 0.3) is 5.78 Å². The number of amides is 1. The van der Waals surface area contributed by atoms with Crippen molar-refractivity contribution in [3.8, 4) is 11.5 Å². The third-order valence-corrected chi connectivity index (χ3v) is 5.39. The van der Waals surface area contributed by atoms with Crippen molar-refractivity contribution in [1.82, 2.24) is 24.5 Å². The molecule has 0 aliphatic carbocycles. The number of methoxy groups -OCH3 is 1. The number of piperidine rings is 1. The van der Waals surface area contributed by atoms with E-state index >= 15 is 0 Å². The summed E-state index contributed by atoms with van der Waals surface area (Å²) in [7, 11) is 1.55. The van der Waals surface area contributed by atoms with E-state index in [4.69, 9.17) is 9.47 Å². The van der Waals surface area contributed by atoms with Crippen molar-refractivity contribution in [2.24, 2.45) is 0 Å². The van der Waals surface area contributed by atoms with Crippen molar-refractivity contribution in [1.29, 1.82) is 0 Å². The number of hydrogen-bond acceptors (Lipinski definition) is 6. The van der Waals surface area contributed by atoms with Gasteiger partial charge in [-0.3, -0.25) is 4.79 Å². The molecule has 0 spiro atoms. The van der Waals surface area contributed by atoms with E-state index in [0.717, 1.165) is 22.9 Å². The van der Waals surface area contributed by atoms with Crippen molar-refractivity contribution < 1.29 is 23.0 Å². The summed E-state index contributed by atoms with van der Waals surface area (Å²) in [5.41, 5.74) is 1.26. The Kier molecular flexibility index (Phi) is 5.97. The molecule has 8 nitrogen and oxygen atoms in total. The second kappa shape index (κ2) is 8.83. The summed E-state index contributed by atoms with van der Waals surface area (Å²) in [4.78, 5) is 22.8. The first-order valence-electron chi connectivity index (χ1n) is 10.00. The Morgan fingerprint density at radius 1 is 1.29 bits per heavy atom. The number of aryl methyl sites for hydroxylation is 1. The van der Waals surface area contributed by atoms with Gasteiger partial charge in [0.1, 0.15) is 12.0 Å². The number of likely N-dealkylation sites (tertiary alicyclic amines) is 1. The number of benzene rings is 1. The molecule has 1 aliphatic rings. The average molecular weight is 431 g/mol. The van der Waals surface area contributed by atoms with Crippen LogP contribution in [-0.2, 0) is 4.79 Å². The first-order valence-corrected chi connectivity index (χ1v) is 10.00. The molecule has 4 rings (SSSR count). The predicted molar refractivity (Wildman–Crippen MR) is 108 cm³/mol. The second-order valence-corrected chi connectivity index (χ2v) is 7.50.